The normalized spacial score (nSPS) is 17.0. The van der Waals surface area contributed by atoms with Crippen molar-refractivity contribution in [2.45, 2.75) is 26.2 Å². The van der Waals surface area contributed by atoms with Crippen LogP contribution in [0.1, 0.15) is 26.2 Å². The van der Waals surface area contributed by atoms with Gasteiger partial charge in [-0.15, -0.1) is 0 Å². The number of rotatable bonds is 11. The Bertz CT molecular complexity index is 268. The maximum atomic E-state index is 11.4. The topological polar surface area (TPSA) is 62.2 Å². The molecule has 0 unspecified atom stereocenters. The Labute approximate surface area is 128 Å². The SMILES string of the molecule is CCCOC(=O)CCCN1CCN(CCOCCO)CC1. The number of carbonyl (C=O) groups excluding carboxylic acids is 1. The molecule has 0 aromatic carbocycles. The van der Waals surface area contributed by atoms with Crippen LogP contribution in [0.15, 0.2) is 0 Å². The molecule has 1 rings (SSSR count). The highest BCUT2D eigenvalue weighted by molar-refractivity contribution is 5.69. The van der Waals surface area contributed by atoms with E-state index in [0.717, 1.165) is 52.1 Å². The zero-order valence-electron chi connectivity index (χ0n) is 13.3. The minimum atomic E-state index is -0.0727. The van der Waals surface area contributed by atoms with E-state index in [1.807, 2.05) is 6.92 Å². The molecule has 0 amide bonds. The molecule has 1 saturated heterocycles. The summed E-state index contributed by atoms with van der Waals surface area (Å²) in [6.45, 7) is 9.82. The molecule has 0 aliphatic carbocycles. The van der Waals surface area contributed by atoms with Gasteiger partial charge >= 0.3 is 5.97 Å². The highest BCUT2D eigenvalue weighted by Gasteiger charge is 2.16. The van der Waals surface area contributed by atoms with Gasteiger partial charge in [0.15, 0.2) is 0 Å². The Morgan fingerprint density at radius 2 is 1.71 bits per heavy atom. The summed E-state index contributed by atoms with van der Waals surface area (Å²) in [5, 5.41) is 8.63. The molecule has 6 heteroatoms. The summed E-state index contributed by atoms with van der Waals surface area (Å²) in [5.74, 6) is -0.0727. The molecule has 1 heterocycles. The number of hydrogen-bond acceptors (Lipinski definition) is 6. The van der Waals surface area contributed by atoms with Gasteiger partial charge in [-0.2, -0.15) is 0 Å². The van der Waals surface area contributed by atoms with Crippen LogP contribution in [0.4, 0.5) is 0 Å². The highest BCUT2D eigenvalue weighted by Crippen LogP contribution is 2.04. The van der Waals surface area contributed by atoms with Crippen LogP contribution < -0.4 is 0 Å². The Kier molecular flexibility index (Phi) is 10.4. The van der Waals surface area contributed by atoms with Crippen LogP contribution in [0.2, 0.25) is 0 Å². The van der Waals surface area contributed by atoms with Gasteiger partial charge in [0, 0.05) is 39.1 Å². The molecular formula is C15H30N2O4. The van der Waals surface area contributed by atoms with Gasteiger partial charge in [-0.3, -0.25) is 9.69 Å². The maximum absolute atomic E-state index is 11.4. The Morgan fingerprint density at radius 1 is 1.05 bits per heavy atom. The molecule has 0 atom stereocenters. The number of aliphatic hydroxyl groups is 1. The second-order valence-corrected chi connectivity index (χ2v) is 5.34. The predicted octanol–water partition coefficient (Wildman–Crippen LogP) is 0.346. The third kappa shape index (κ3) is 9.03. The average Bonchev–Trinajstić information content (AvgIpc) is 2.51. The Hall–Kier alpha value is -0.690. The van der Waals surface area contributed by atoms with E-state index in [9.17, 15) is 4.79 Å². The van der Waals surface area contributed by atoms with E-state index < -0.39 is 0 Å². The second-order valence-electron chi connectivity index (χ2n) is 5.34. The summed E-state index contributed by atoms with van der Waals surface area (Å²) >= 11 is 0. The first kappa shape index (κ1) is 18.4. The quantitative estimate of drug-likeness (QED) is 0.439. The smallest absolute Gasteiger partial charge is 0.305 e. The van der Waals surface area contributed by atoms with E-state index >= 15 is 0 Å². The van der Waals surface area contributed by atoms with E-state index in [1.165, 1.54) is 0 Å². The lowest BCUT2D eigenvalue weighted by atomic mass is 10.2. The summed E-state index contributed by atoms with van der Waals surface area (Å²) in [6, 6.07) is 0. The van der Waals surface area contributed by atoms with Crippen molar-refractivity contribution in [2.75, 3.05) is 65.7 Å². The number of carbonyl (C=O) groups is 1. The maximum Gasteiger partial charge on any atom is 0.305 e. The molecule has 1 aliphatic rings. The van der Waals surface area contributed by atoms with Crippen molar-refractivity contribution in [1.82, 2.24) is 9.80 Å². The summed E-state index contributed by atoms with van der Waals surface area (Å²) in [6.07, 6.45) is 2.28. The average molecular weight is 302 g/mol. The van der Waals surface area contributed by atoms with E-state index in [-0.39, 0.29) is 12.6 Å². The Morgan fingerprint density at radius 3 is 2.33 bits per heavy atom. The van der Waals surface area contributed by atoms with E-state index in [1.54, 1.807) is 0 Å². The molecule has 124 valence electrons. The van der Waals surface area contributed by atoms with Gasteiger partial charge in [-0.05, 0) is 19.4 Å². The lowest BCUT2D eigenvalue weighted by molar-refractivity contribution is -0.143. The molecule has 0 aromatic rings. The predicted molar refractivity (Wildman–Crippen MR) is 81.3 cm³/mol. The van der Waals surface area contributed by atoms with Crippen LogP contribution in [0.5, 0.6) is 0 Å². The molecule has 0 radical (unpaired) electrons. The van der Waals surface area contributed by atoms with Crippen molar-refractivity contribution < 1.29 is 19.4 Å². The zero-order chi connectivity index (χ0) is 15.3. The van der Waals surface area contributed by atoms with Gasteiger partial charge in [0.25, 0.3) is 0 Å². The molecule has 6 nitrogen and oxygen atoms in total. The molecule has 0 aromatic heterocycles. The number of nitrogens with zero attached hydrogens (tertiary/aromatic N) is 2. The number of esters is 1. The molecular weight excluding hydrogens is 272 g/mol. The monoisotopic (exact) mass is 302 g/mol. The van der Waals surface area contributed by atoms with Crippen LogP contribution in [0, 0.1) is 0 Å². The lowest BCUT2D eigenvalue weighted by Crippen LogP contribution is -2.47. The van der Waals surface area contributed by atoms with Gasteiger partial charge in [0.1, 0.15) is 0 Å². The van der Waals surface area contributed by atoms with Crippen LogP contribution >= 0.6 is 0 Å². The minimum absolute atomic E-state index is 0.0727. The third-order valence-corrected chi connectivity index (χ3v) is 3.57. The number of piperazine rings is 1. The standard InChI is InChI=1S/C15H30N2O4/c1-2-12-21-15(19)4-3-5-16-6-8-17(9-7-16)10-13-20-14-11-18/h18H,2-14H2,1H3. The minimum Gasteiger partial charge on any atom is -0.466 e. The van der Waals surface area contributed by atoms with Crippen molar-refractivity contribution in [3.8, 4) is 0 Å². The Balaban J connectivity index is 1.99. The fourth-order valence-corrected chi connectivity index (χ4v) is 2.33. The van der Waals surface area contributed by atoms with Gasteiger partial charge in [0.2, 0.25) is 0 Å². The van der Waals surface area contributed by atoms with Crippen molar-refractivity contribution >= 4 is 5.97 Å². The summed E-state index contributed by atoms with van der Waals surface area (Å²) < 4.78 is 10.3. The van der Waals surface area contributed by atoms with Gasteiger partial charge < -0.3 is 19.5 Å². The first-order valence-electron chi connectivity index (χ1n) is 8.05. The van der Waals surface area contributed by atoms with Crippen molar-refractivity contribution in [3.05, 3.63) is 0 Å². The number of aliphatic hydroxyl groups excluding tert-OH is 1. The van der Waals surface area contributed by atoms with Crippen molar-refractivity contribution in [1.29, 1.82) is 0 Å². The second kappa shape index (κ2) is 11.9. The van der Waals surface area contributed by atoms with E-state index in [2.05, 4.69) is 9.80 Å². The molecule has 0 bridgehead atoms. The summed E-state index contributed by atoms with van der Waals surface area (Å²) in [5.41, 5.74) is 0. The number of ether oxygens (including phenoxy) is 2. The van der Waals surface area contributed by atoms with Crippen LogP contribution in [0.3, 0.4) is 0 Å². The van der Waals surface area contributed by atoms with Crippen molar-refractivity contribution in [3.63, 3.8) is 0 Å². The van der Waals surface area contributed by atoms with E-state index in [4.69, 9.17) is 14.6 Å². The summed E-state index contributed by atoms with van der Waals surface area (Å²) in [4.78, 5) is 16.2. The molecule has 0 saturated carbocycles. The fourth-order valence-electron chi connectivity index (χ4n) is 2.33. The molecule has 0 spiro atoms. The van der Waals surface area contributed by atoms with Crippen LogP contribution in [0.25, 0.3) is 0 Å². The first-order valence-corrected chi connectivity index (χ1v) is 8.05. The van der Waals surface area contributed by atoms with Crippen LogP contribution in [-0.2, 0) is 14.3 Å². The van der Waals surface area contributed by atoms with Crippen molar-refractivity contribution in [2.24, 2.45) is 0 Å². The largest absolute Gasteiger partial charge is 0.466 e. The molecule has 1 N–H and O–H groups in total. The summed E-state index contributed by atoms with van der Waals surface area (Å²) in [7, 11) is 0. The third-order valence-electron chi connectivity index (χ3n) is 3.57. The van der Waals surface area contributed by atoms with Gasteiger partial charge in [-0.25, -0.2) is 0 Å². The fraction of sp³-hybridized carbons (Fsp3) is 0.933. The first-order chi connectivity index (χ1) is 10.3. The van der Waals surface area contributed by atoms with E-state index in [0.29, 0.717) is 26.2 Å². The zero-order valence-corrected chi connectivity index (χ0v) is 13.3. The highest BCUT2D eigenvalue weighted by atomic mass is 16.5. The van der Waals surface area contributed by atoms with Gasteiger partial charge in [-0.1, -0.05) is 6.92 Å². The lowest BCUT2D eigenvalue weighted by Gasteiger charge is -2.34. The van der Waals surface area contributed by atoms with Crippen LogP contribution in [-0.4, -0.2) is 86.6 Å². The molecule has 21 heavy (non-hydrogen) atoms. The molecule has 1 fully saturated rings. The van der Waals surface area contributed by atoms with Gasteiger partial charge in [0.05, 0.1) is 26.4 Å². The molecule has 1 aliphatic heterocycles. The number of hydrogen-bond donors (Lipinski definition) is 1.